The third-order valence-corrected chi connectivity index (χ3v) is 4.32. The predicted molar refractivity (Wildman–Crippen MR) is 81.9 cm³/mol. The molecular formula is C16H15BrFNO. The molecule has 1 aliphatic rings. The van der Waals surface area contributed by atoms with Crippen molar-refractivity contribution in [3.63, 3.8) is 0 Å². The Balaban J connectivity index is 1.62. The number of benzene rings is 2. The molecule has 4 heteroatoms. The van der Waals surface area contributed by atoms with Crippen molar-refractivity contribution in [2.45, 2.75) is 19.4 Å². The summed E-state index contributed by atoms with van der Waals surface area (Å²) in [4.78, 5) is 0. The van der Waals surface area contributed by atoms with Gasteiger partial charge in [-0.05, 0) is 42.8 Å². The highest BCUT2D eigenvalue weighted by molar-refractivity contribution is 9.10. The fraction of sp³-hybridized carbons (Fsp3) is 0.250. The molecule has 104 valence electrons. The van der Waals surface area contributed by atoms with Crippen LogP contribution in [-0.4, -0.2) is 12.6 Å². The van der Waals surface area contributed by atoms with Crippen molar-refractivity contribution < 1.29 is 9.13 Å². The van der Waals surface area contributed by atoms with Crippen LogP contribution < -0.4 is 10.1 Å². The van der Waals surface area contributed by atoms with Crippen molar-refractivity contribution >= 4 is 21.6 Å². The van der Waals surface area contributed by atoms with Crippen molar-refractivity contribution in [1.82, 2.24) is 0 Å². The van der Waals surface area contributed by atoms with E-state index in [1.165, 1.54) is 11.6 Å². The van der Waals surface area contributed by atoms with Gasteiger partial charge in [0, 0.05) is 22.1 Å². The summed E-state index contributed by atoms with van der Waals surface area (Å²) in [5.41, 5.74) is 3.20. The maximum atomic E-state index is 13.1. The molecule has 0 saturated carbocycles. The Labute approximate surface area is 126 Å². The van der Waals surface area contributed by atoms with Crippen LogP contribution in [0, 0.1) is 12.7 Å². The summed E-state index contributed by atoms with van der Waals surface area (Å²) in [5, 5.41) is 3.36. The molecule has 0 fully saturated rings. The molecule has 0 aromatic heterocycles. The molecule has 0 radical (unpaired) electrons. The second-order valence-electron chi connectivity index (χ2n) is 5.04. The molecule has 0 saturated heterocycles. The van der Waals surface area contributed by atoms with E-state index in [0.717, 1.165) is 27.9 Å². The maximum absolute atomic E-state index is 13.1. The van der Waals surface area contributed by atoms with Gasteiger partial charge < -0.3 is 10.1 Å². The highest BCUT2D eigenvalue weighted by Crippen LogP contribution is 2.29. The lowest BCUT2D eigenvalue weighted by atomic mass is 10.1. The molecular weight excluding hydrogens is 321 g/mol. The van der Waals surface area contributed by atoms with Crippen molar-refractivity contribution in [2.75, 3.05) is 11.9 Å². The molecule has 1 aliphatic heterocycles. The van der Waals surface area contributed by atoms with Crippen molar-refractivity contribution in [2.24, 2.45) is 0 Å². The van der Waals surface area contributed by atoms with Gasteiger partial charge in [-0.25, -0.2) is 4.39 Å². The van der Waals surface area contributed by atoms with E-state index in [9.17, 15) is 4.39 Å². The third kappa shape index (κ3) is 2.80. The van der Waals surface area contributed by atoms with E-state index in [4.69, 9.17) is 4.74 Å². The van der Waals surface area contributed by atoms with E-state index in [1.807, 2.05) is 6.07 Å². The Hall–Kier alpha value is -1.55. The molecule has 3 rings (SSSR count). The lowest BCUT2D eigenvalue weighted by Gasteiger charge is -2.13. The fourth-order valence-corrected chi connectivity index (χ4v) is 2.72. The van der Waals surface area contributed by atoms with Gasteiger partial charge in [-0.15, -0.1) is 0 Å². The van der Waals surface area contributed by atoms with Gasteiger partial charge in [-0.2, -0.15) is 0 Å². The smallest absolute Gasteiger partial charge is 0.123 e. The first kappa shape index (κ1) is 13.4. The summed E-state index contributed by atoms with van der Waals surface area (Å²) in [5.74, 6) is 0.590. The summed E-state index contributed by atoms with van der Waals surface area (Å²) >= 11 is 3.52. The fourth-order valence-electron chi connectivity index (χ4n) is 2.34. The van der Waals surface area contributed by atoms with Gasteiger partial charge in [0.25, 0.3) is 0 Å². The second kappa shape index (κ2) is 5.44. The number of aryl methyl sites for hydroxylation is 1. The molecule has 20 heavy (non-hydrogen) atoms. The van der Waals surface area contributed by atoms with Crippen LogP contribution in [0.3, 0.4) is 0 Å². The van der Waals surface area contributed by atoms with Crippen molar-refractivity contribution in [3.05, 3.63) is 57.8 Å². The SMILES string of the molecule is Cc1ccc(NCC2Cc3cc(F)ccc3O2)cc1Br. The second-order valence-corrected chi connectivity index (χ2v) is 5.90. The van der Waals surface area contributed by atoms with Gasteiger partial charge in [-0.3, -0.25) is 0 Å². The van der Waals surface area contributed by atoms with Crippen LogP contribution in [0.15, 0.2) is 40.9 Å². The van der Waals surface area contributed by atoms with Crippen LogP contribution in [0.2, 0.25) is 0 Å². The zero-order valence-corrected chi connectivity index (χ0v) is 12.7. The Kier molecular flexibility index (Phi) is 3.66. The van der Waals surface area contributed by atoms with Gasteiger partial charge in [0.05, 0.1) is 6.54 Å². The monoisotopic (exact) mass is 335 g/mol. The molecule has 2 nitrogen and oxygen atoms in total. The number of ether oxygens (including phenoxy) is 1. The summed E-state index contributed by atoms with van der Waals surface area (Å²) in [6, 6.07) is 10.8. The van der Waals surface area contributed by atoms with Crippen LogP contribution in [0.4, 0.5) is 10.1 Å². The quantitative estimate of drug-likeness (QED) is 0.902. The van der Waals surface area contributed by atoms with Crippen LogP contribution in [-0.2, 0) is 6.42 Å². The van der Waals surface area contributed by atoms with Gasteiger partial charge >= 0.3 is 0 Å². The minimum atomic E-state index is -0.205. The lowest BCUT2D eigenvalue weighted by molar-refractivity contribution is 0.246. The van der Waals surface area contributed by atoms with E-state index in [2.05, 4.69) is 40.3 Å². The molecule has 1 atom stereocenters. The van der Waals surface area contributed by atoms with E-state index < -0.39 is 0 Å². The summed E-state index contributed by atoms with van der Waals surface area (Å²) in [7, 11) is 0. The maximum Gasteiger partial charge on any atom is 0.123 e. The number of hydrogen-bond acceptors (Lipinski definition) is 2. The minimum absolute atomic E-state index is 0.0480. The Morgan fingerprint density at radius 1 is 1.30 bits per heavy atom. The first-order valence-electron chi connectivity index (χ1n) is 6.57. The summed E-state index contributed by atoms with van der Waals surface area (Å²) in [6.07, 6.45) is 0.791. The molecule has 0 aliphatic carbocycles. The average molecular weight is 336 g/mol. The Bertz CT molecular complexity index is 644. The zero-order valence-electron chi connectivity index (χ0n) is 11.1. The van der Waals surface area contributed by atoms with Gasteiger partial charge in [0.2, 0.25) is 0 Å². The topological polar surface area (TPSA) is 21.3 Å². The molecule has 1 unspecified atom stereocenters. The number of nitrogens with one attached hydrogen (secondary N) is 1. The molecule has 0 amide bonds. The molecule has 2 aromatic rings. The molecule has 0 spiro atoms. The van der Waals surface area contributed by atoms with Gasteiger partial charge in [-0.1, -0.05) is 22.0 Å². The van der Waals surface area contributed by atoms with Crippen LogP contribution in [0.5, 0.6) is 5.75 Å². The van der Waals surface area contributed by atoms with Crippen LogP contribution in [0.1, 0.15) is 11.1 Å². The van der Waals surface area contributed by atoms with Gasteiger partial charge in [0.15, 0.2) is 0 Å². The van der Waals surface area contributed by atoms with E-state index in [1.54, 1.807) is 12.1 Å². The zero-order chi connectivity index (χ0) is 14.1. The van der Waals surface area contributed by atoms with Crippen molar-refractivity contribution in [1.29, 1.82) is 0 Å². The lowest BCUT2D eigenvalue weighted by Crippen LogP contribution is -2.23. The number of halogens is 2. The number of hydrogen-bond donors (Lipinski definition) is 1. The summed E-state index contributed by atoms with van der Waals surface area (Å²) in [6.45, 7) is 2.75. The third-order valence-electron chi connectivity index (χ3n) is 3.47. The largest absolute Gasteiger partial charge is 0.488 e. The number of fused-ring (bicyclic) bond motifs is 1. The molecule has 1 N–H and O–H groups in total. The highest BCUT2D eigenvalue weighted by atomic mass is 79.9. The van der Waals surface area contributed by atoms with Crippen molar-refractivity contribution in [3.8, 4) is 5.75 Å². The highest BCUT2D eigenvalue weighted by Gasteiger charge is 2.22. The summed E-state index contributed by atoms with van der Waals surface area (Å²) < 4.78 is 20.0. The van der Waals surface area contributed by atoms with Crippen LogP contribution >= 0.6 is 15.9 Å². The predicted octanol–water partition coefficient (Wildman–Crippen LogP) is 4.31. The Morgan fingerprint density at radius 2 is 2.15 bits per heavy atom. The number of rotatable bonds is 3. The van der Waals surface area contributed by atoms with E-state index in [-0.39, 0.29) is 11.9 Å². The van der Waals surface area contributed by atoms with Crippen LogP contribution in [0.25, 0.3) is 0 Å². The first-order valence-corrected chi connectivity index (χ1v) is 7.36. The number of anilines is 1. The minimum Gasteiger partial charge on any atom is -0.488 e. The normalized spacial score (nSPS) is 16.6. The van der Waals surface area contributed by atoms with E-state index in [0.29, 0.717) is 6.54 Å². The van der Waals surface area contributed by atoms with Gasteiger partial charge in [0.1, 0.15) is 17.7 Å². The van der Waals surface area contributed by atoms with E-state index >= 15 is 0 Å². The first-order chi connectivity index (χ1) is 9.61. The Morgan fingerprint density at radius 3 is 2.95 bits per heavy atom. The molecule has 0 bridgehead atoms. The molecule has 1 heterocycles. The molecule has 2 aromatic carbocycles. The average Bonchev–Trinajstić information content (AvgIpc) is 2.82. The standard InChI is InChI=1S/C16H15BrFNO/c1-10-2-4-13(8-15(10)17)19-9-14-7-11-6-12(18)3-5-16(11)20-14/h2-6,8,14,19H,7,9H2,1H3.